The van der Waals surface area contributed by atoms with Crippen LogP contribution in [0.1, 0.15) is 142 Å². The van der Waals surface area contributed by atoms with E-state index < -0.39 is 0 Å². The molecule has 166 valence electrons. The summed E-state index contributed by atoms with van der Waals surface area (Å²) < 4.78 is 6.23. The summed E-state index contributed by atoms with van der Waals surface area (Å²) >= 11 is 0. The fourth-order valence-electron chi connectivity index (χ4n) is 5.84. The molecule has 2 aliphatic carbocycles. The maximum atomic E-state index is 6.23. The smallest absolute Gasteiger partial charge is 0.0575 e. The van der Waals surface area contributed by atoms with Gasteiger partial charge in [0, 0.05) is 6.61 Å². The van der Waals surface area contributed by atoms with Gasteiger partial charge in [0.25, 0.3) is 0 Å². The van der Waals surface area contributed by atoms with Gasteiger partial charge in [-0.15, -0.1) is 0 Å². The summed E-state index contributed by atoms with van der Waals surface area (Å²) in [4.78, 5) is 0. The van der Waals surface area contributed by atoms with Gasteiger partial charge < -0.3 is 4.74 Å². The Balaban J connectivity index is 1.45. The molecule has 0 aliphatic heterocycles. The molecular weight excluding hydrogens is 340 g/mol. The molecular formula is C27H52O. The van der Waals surface area contributed by atoms with Gasteiger partial charge in [-0.3, -0.25) is 0 Å². The lowest BCUT2D eigenvalue weighted by atomic mass is 9.70. The fraction of sp³-hybridized carbons (Fsp3) is 1.00. The summed E-state index contributed by atoms with van der Waals surface area (Å²) in [5.74, 6) is 3.14. The van der Waals surface area contributed by atoms with Crippen molar-refractivity contribution in [2.45, 2.75) is 148 Å². The highest BCUT2D eigenvalue weighted by Crippen LogP contribution is 2.41. The minimum atomic E-state index is 0.589. The van der Waals surface area contributed by atoms with E-state index in [1.807, 2.05) is 0 Å². The van der Waals surface area contributed by atoms with E-state index in [2.05, 4.69) is 13.8 Å². The van der Waals surface area contributed by atoms with Gasteiger partial charge in [-0.05, 0) is 62.7 Å². The Morgan fingerprint density at radius 1 is 0.536 bits per heavy atom. The zero-order chi connectivity index (χ0) is 19.9. The summed E-state index contributed by atoms with van der Waals surface area (Å²) in [6.45, 7) is 5.63. The van der Waals surface area contributed by atoms with Gasteiger partial charge in [-0.25, -0.2) is 0 Å². The van der Waals surface area contributed by atoms with Crippen molar-refractivity contribution in [1.82, 2.24) is 0 Å². The Labute approximate surface area is 177 Å². The number of hydrogen-bond acceptors (Lipinski definition) is 1. The Morgan fingerprint density at radius 2 is 1.04 bits per heavy atom. The highest BCUT2D eigenvalue weighted by Gasteiger charge is 2.30. The number of hydrogen-bond donors (Lipinski definition) is 0. The first kappa shape index (κ1) is 24.2. The summed E-state index contributed by atoms with van der Waals surface area (Å²) in [7, 11) is 0. The molecule has 2 fully saturated rings. The van der Waals surface area contributed by atoms with Crippen molar-refractivity contribution in [1.29, 1.82) is 0 Å². The van der Waals surface area contributed by atoms with E-state index in [-0.39, 0.29) is 0 Å². The molecule has 0 aromatic rings. The summed E-state index contributed by atoms with van der Waals surface area (Å²) in [5, 5.41) is 0. The molecule has 0 radical (unpaired) electrons. The molecule has 2 rings (SSSR count). The van der Waals surface area contributed by atoms with Crippen molar-refractivity contribution in [2.24, 2.45) is 17.8 Å². The number of rotatable bonds is 15. The summed E-state index contributed by atoms with van der Waals surface area (Å²) in [6.07, 6.45) is 29.3. The molecule has 0 amide bonds. The van der Waals surface area contributed by atoms with E-state index in [1.54, 1.807) is 0 Å². The van der Waals surface area contributed by atoms with Crippen LogP contribution in [-0.4, -0.2) is 12.7 Å². The zero-order valence-corrected chi connectivity index (χ0v) is 19.6. The molecule has 0 N–H and O–H groups in total. The van der Waals surface area contributed by atoms with E-state index in [1.165, 1.54) is 128 Å². The van der Waals surface area contributed by atoms with Crippen LogP contribution in [0.2, 0.25) is 0 Å². The number of unbranched alkanes of at least 4 members (excludes halogenated alkanes) is 9. The first-order valence-electron chi connectivity index (χ1n) is 13.4. The van der Waals surface area contributed by atoms with E-state index in [0.717, 1.165) is 24.4 Å². The zero-order valence-electron chi connectivity index (χ0n) is 19.6. The Morgan fingerprint density at radius 3 is 1.64 bits per heavy atom. The molecule has 1 heteroatoms. The Bertz CT molecular complexity index is 336. The van der Waals surface area contributed by atoms with Crippen LogP contribution in [0.15, 0.2) is 0 Å². The van der Waals surface area contributed by atoms with Crippen LogP contribution in [0, 0.1) is 17.8 Å². The van der Waals surface area contributed by atoms with Crippen LogP contribution < -0.4 is 0 Å². The first-order valence-corrected chi connectivity index (χ1v) is 13.4. The predicted octanol–water partition coefficient (Wildman–Crippen LogP) is 9.09. The maximum Gasteiger partial charge on any atom is 0.0575 e. The van der Waals surface area contributed by atoms with Crippen LogP contribution in [0.3, 0.4) is 0 Å². The van der Waals surface area contributed by atoms with Gasteiger partial charge in [0.1, 0.15) is 0 Å². The molecule has 0 spiro atoms. The third-order valence-corrected chi connectivity index (χ3v) is 7.84. The lowest BCUT2D eigenvalue weighted by molar-refractivity contribution is 0.00526. The van der Waals surface area contributed by atoms with Crippen molar-refractivity contribution in [2.75, 3.05) is 6.61 Å². The van der Waals surface area contributed by atoms with E-state index in [9.17, 15) is 0 Å². The van der Waals surface area contributed by atoms with Gasteiger partial charge in [0.2, 0.25) is 0 Å². The van der Waals surface area contributed by atoms with E-state index in [4.69, 9.17) is 4.74 Å². The van der Waals surface area contributed by atoms with Gasteiger partial charge in [0.15, 0.2) is 0 Å². The lowest BCUT2D eigenvalue weighted by Gasteiger charge is -2.38. The molecule has 28 heavy (non-hydrogen) atoms. The third kappa shape index (κ3) is 10.1. The predicted molar refractivity (Wildman–Crippen MR) is 124 cm³/mol. The van der Waals surface area contributed by atoms with Crippen molar-refractivity contribution in [3.05, 3.63) is 0 Å². The molecule has 1 nitrogen and oxygen atoms in total. The van der Waals surface area contributed by atoms with Crippen molar-refractivity contribution >= 4 is 0 Å². The summed E-state index contributed by atoms with van der Waals surface area (Å²) in [6, 6.07) is 0. The average Bonchev–Trinajstić information content (AvgIpc) is 2.74. The monoisotopic (exact) mass is 392 g/mol. The Kier molecular flexibility index (Phi) is 13.6. The van der Waals surface area contributed by atoms with Crippen molar-refractivity contribution in [3.63, 3.8) is 0 Å². The highest BCUT2D eigenvalue weighted by molar-refractivity contribution is 4.82. The topological polar surface area (TPSA) is 9.23 Å². The molecule has 0 heterocycles. The maximum absolute atomic E-state index is 6.23. The summed E-state index contributed by atoms with van der Waals surface area (Å²) in [5.41, 5.74) is 0. The third-order valence-electron chi connectivity index (χ3n) is 7.84. The molecule has 0 unspecified atom stereocenters. The molecule has 2 aliphatic rings. The highest BCUT2D eigenvalue weighted by atomic mass is 16.5. The van der Waals surface area contributed by atoms with Gasteiger partial charge in [-0.2, -0.15) is 0 Å². The SMILES string of the molecule is CCCCCCCCCO[C@H]1CC[C@H](C2CCC(CCCCCC)CC2)CC1. The van der Waals surface area contributed by atoms with Crippen LogP contribution in [-0.2, 0) is 4.74 Å². The molecule has 0 aromatic carbocycles. The van der Waals surface area contributed by atoms with Crippen LogP contribution in [0.25, 0.3) is 0 Å². The number of ether oxygens (including phenoxy) is 1. The quantitative estimate of drug-likeness (QED) is 0.252. The standard InChI is InChI=1S/C27H52O/c1-3-5-7-9-10-11-13-23-28-27-21-19-26(20-22-27)25-17-15-24(16-18-25)14-12-8-6-4-2/h24-27H,3-23H2,1-2H3/t24?,25?,26-,27-. The van der Waals surface area contributed by atoms with Crippen molar-refractivity contribution < 1.29 is 4.74 Å². The molecule has 0 aromatic heterocycles. The Hall–Kier alpha value is -0.0400. The molecule has 0 atom stereocenters. The molecule has 0 bridgehead atoms. The van der Waals surface area contributed by atoms with E-state index in [0.29, 0.717) is 6.10 Å². The van der Waals surface area contributed by atoms with Crippen LogP contribution >= 0.6 is 0 Å². The minimum absolute atomic E-state index is 0.589. The molecule has 2 saturated carbocycles. The average molecular weight is 393 g/mol. The second-order valence-electron chi connectivity index (χ2n) is 10.2. The first-order chi connectivity index (χ1) is 13.8. The van der Waals surface area contributed by atoms with E-state index >= 15 is 0 Å². The van der Waals surface area contributed by atoms with Crippen LogP contribution in [0.4, 0.5) is 0 Å². The second kappa shape index (κ2) is 15.8. The van der Waals surface area contributed by atoms with Crippen LogP contribution in [0.5, 0.6) is 0 Å². The normalized spacial score (nSPS) is 28.5. The van der Waals surface area contributed by atoms with Gasteiger partial charge in [0.05, 0.1) is 6.10 Å². The van der Waals surface area contributed by atoms with Crippen molar-refractivity contribution in [3.8, 4) is 0 Å². The minimum Gasteiger partial charge on any atom is -0.378 e. The van der Waals surface area contributed by atoms with Gasteiger partial charge >= 0.3 is 0 Å². The second-order valence-corrected chi connectivity index (χ2v) is 10.2. The molecule has 0 saturated heterocycles. The largest absolute Gasteiger partial charge is 0.378 e. The fourth-order valence-corrected chi connectivity index (χ4v) is 5.84. The van der Waals surface area contributed by atoms with Gasteiger partial charge in [-0.1, -0.05) is 97.3 Å². The lowest BCUT2D eigenvalue weighted by Crippen LogP contribution is -2.28.